The van der Waals surface area contributed by atoms with E-state index >= 15 is 0 Å². The molecule has 0 aliphatic rings. The van der Waals surface area contributed by atoms with Crippen molar-refractivity contribution >= 4 is 5.91 Å². The standard InChI is InChI=1S/C12H13N3O/c1-15-7-5-10(9-15)12(16)14-8-11-4-2-3-6-13-11/h2-7,9H,8H2,1H3,(H,14,16). The largest absolute Gasteiger partial charge is 0.356 e. The Labute approximate surface area is 93.9 Å². The van der Waals surface area contributed by atoms with Gasteiger partial charge in [-0.1, -0.05) is 6.07 Å². The summed E-state index contributed by atoms with van der Waals surface area (Å²) < 4.78 is 1.84. The highest BCUT2D eigenvalue weighted by molar-refractivity contribution is 5.93. The Hall–Kier alpha value is -2.10. The molecular formula is C12H13N3O. The van der Waals surface area contributed by atoms with Gasteiger partial charge in [0, 0.05) is 25.6 Å². The number of aryl methyl sites for hydroxylation is 1. The molecule has 2 aromatic rings. The Bertz CT molecular complexity index is 476. The lowest BCUT2D eigenvalue weighted by Gasteiger charge is -2.02. The molecule has 2 aromatic heterocycles. The van der Waals surface area contributed by atoms with Crippen molar-refractivity contribution in [2.24, 2.45) is 7.05 Å². The lowest BCUT2D eigenvalue weighted by molar-refractivity contribution is 0.0950. The van der Waals surface area contributed by atoms with E-state index in [0.29, 0.717) is 12.1 Å². The first kappa shape index (κ1) is 10.4. The molecule has 0 aromatic carbocycles. The third kappa shape index (κ3) is 2.48. The number of aromatic nitrogens is 2. The number of carbonyl (C=O) groups is 1. The summed E-state index contributed by atoms with van der Waals surface area (Å²) in [5.74, 6) is -0.0775. The van der Waals surface area contributed by atoms with E-state index in [1.165, 1.54) is 0 Å². The first-order chi connectivity index (χ1) is 7.75. The van der Waals surface area contributed by atoms with E-state index in [4.69, 9.17) is 0 Å². The molecule has 0 fully saturated rings. The average Bonchev–Trinajstić information content (AvgIpc) is 2.74. The Balaban J connectivity index is 1.94. The minimum atomic E-state index is -0.0775. The van der Waals surface area contributed by atoms with Crippen LogP contribution in [-0.4, -0.2) is 15.5 Å². The van der Waals surface area contributed by atoms with Crippen LogP contribution >= 0.6 is 0 Å². The molecule has 0 aliphatic heterocycles. The first-order valence-corrected chi connectivity index (χ1v) is 5.06. The Kier molecular flexibility index (Phi) is 3.00. The topological polar surface area (TPSA) is 46.9 Å². The van der Waals surface area contributed by atoms with Gasteiger partial charge in [-0.3, -0.25) is 9.78 Å². The van der Waals surface area contributed by atoms with Crippen LogP contribution in [0.2, 0.25) is 0 Å². The number of rotatable bonds is 3. The Morgan fingerprint density at radius 1 is 1.44 bits per heavy atom. The second-order valence-corrected chi connectivity index (χ2v) is 3.57. The molecular weight excluding hydrogens is 202 g/mol. The van der Waals surface area contributed by atoms with Gasteiger partial charge in [-0.15, -0.1) is 0 Å². The van der Waals surface area contributed by atoms with Gasteiger partial charge in [0.1, 0.15) is 0 Å². The molecule has 2 heterocycles. The van der Waals surface area contributed by atoms with Gasteiger partial charge in [0.15, 0.2) is 0 Å². The highest BCUT2D eigenvalue weighted by atomic mass is 16.1. The SMILES string of the molecule is Cn1ccc(C(=O)NCc2ccccn2)c1. The molecule has 16 heavy (non-hydrogen) atoms. The normalized spacial score (nSPS) is 10.1. The van der Waals surface area contributed by atoms with Gasteiger partial charge in [0.25, 0.3) is 5.91 Å². The van der Waals surface area contributed by atoms with Crippen LogP contribution in [0.4, 0.5) is 0 Å². The fourth-order valence-electron chi connectivity index (χ4n) is 1.41. The Morgan fingerprint density at radius 3 is 2.94 bits per heavy atom. The fourth-order valence-corrected chi connectivity index (χ4v) is 1.41. The number of pyridine rings is 1. The van der Waals surface area contributed by atoms with Crippen molar-refractivity contribution in [1.29, 1.82) is 0 Å². The number of hydrogen-bond donors (Lipinski definition) is 1. The van der Waals surface area contributed by atoms with Crippen molar-refractivity contribution in [3.8, 4) is 0 Å². The van der Waals surface area contributed by atoms with E-state index in [0.717, 1.165) is 5.69 Å². The number of amides is 1. The molecule has 1 amide bonds. The predicted molar refractivity (Wildman–Crippen MR) is 60.8 cm³/mol. The average molecular weight is 215 g/mol. The van der Waals surface area contributed by atoms with Crippen LogP contribution in [0.1, 0.15) is 16.1 Å². The molecule has 4 nitrogen and oxygen atoms in total. The zero-order chi connectivity index (χ0) is 11.4. The summed E-state index contributed by atoms with van der Waals surface area (Å²) in [5.41, 5.74) is 1.52. The van der Waals surface area contributed by atoms with Crippen molar-refractivity contribution in [1.82, 2.24) is 14.9 Å². The Morgan fingerprint density at radius 2 is 2.31 bits per heavy atom. The van der Waals surface area contributed by atoms with Crippen molar-refractivity contribution in [3.05, 3.63) is 54.1 Å². The van der Waals surface area contributed by atoms with Gasteiger partial charge in [0.2, 0.25) is 0 Å². The smallest absolute Gasteiger partial charge is 0.253 e. The predicted octanol–water partition coefficient (Wildman–Crippen LogP) is 1.35. The van der Waals surface area contributed by atoms with Crippen molar-refractivity contribution in [3.63, 3.8) is 0 Å². The third-order valence-corrected chi connectivity index (χ3v) is 2.25. The van der Waals surface area contributed by atoms with Gasteiger partial charge in [-0.25, -0.2) is 0 Å². The highest BCUT2D eigenvalue weighted by Crippen LogP contribution is 2.00. The van der Waals surface area contributed by atoms with E-state index in [1.807, 2.05) is 36.0 Å². The number of carbonyl (C=O) groups excluding carboxylic acids is 1. The molecule has 82 valence electrons. The number of nitrogens with one attached hydrogen (secondary N) is 1. The van der Waals surface area contributed by atoms with Gasteiger partial charge in [0.05, 0.1) is 17.8 Å². The monoisotopic (exact) mass is 215 g/mol. The third-order valence-electron chi connectivity index (χ3n) is 2.25. The maximum absolute atomic E-state index is 11.7. The van der Waals surface area contributed by atoms with E-state index in [9.17, 15) is 4.79 Å². The van der Waals surface area contributed by atoms with Crippen LogP contribution in [0.15, 0.2) is 42.9 Å². The van der Waals surface area contributed by atoms with Crippen LogP contribution in [-0.2, 0) is 13.6 Å². The lowest BCUT2D eigenvalue weighted by Crippen LogP contribution is -2.22. The summed E-state index contributed by atoms with van der Waals surface area (Å²) in [6, 6.07) is 7.42. The molecule has 0 spiro atoms. The fraction of sp³-hybridized carbons (Fsp3) is 0.167. The molecule has 2 rings (SSSR count). The highest BCUT2D eigenvalue weighted by Gasteiger charge is 2.05. The second kappa shape index (κ2) is 4.61. The van der Waals surface area contributed by atoms with Gasteiger partial charge in [-0.2, -0.15) is 0 Å². The van der Waals surface area contributed by atoms with Gasteiger partial charge < -0.3 is 9.88 Å². The maximum atomic E-state index is 11.7. The first-order valence-electron chi connectivity index (χ1n) is 5.06. The minimum Gasteiger partial charge on any atom is -0.356 e. The second-order valence-electron chi connectivity index (χ2n) is 3.57. The maximum Gasteiger partial charge on any atom is 0.253 e. The van der Waals surface area contributed by atoms with Crippen molar-refractivity contribution in [2.45, 2.75) is 6.54 Å². The lowest BCUT2D eigenvalue weighted by atomic mass is 10.3. The molecule has 0 atom stereocenters. The van der Waals surface area contributed by atoms with E-state index in [1.54, 1.807) is 18.5 Å². The molecule has 0 saturated heterocycles. The molecule has 1 N–H and O–H groups in total. The molecule has 0 saturated carbocycles. The van der Waals surface area contributed by atoms with Gasteiger partial charge in [-0.05, 0) is 18.2 Å². The zero-order valence-corrected chi connectivity index (χ0v) is 9.05. The van der Waals surface area contributed by atoms with E-state index in [2.05, 4.69) is 10.3 Å². The summed E-state index contributed by atoms with van der Waals surface area (Å²) >= 11 is 0. The zero-order valence-electron chi connectivity index (χ0n) is 9.05. The molecule has 0 unspecified atom stereocenters. The summed E-state index contributed by atoms with van der Waals surface area (Å²) in [5, 5.41) is 2.81. The van der Waals surface area contributed by atoms with Crippen LogP contribution in [0, 0.1) is 0 Å². The van der Waals surface area contributed by atoms with Crippen molar-refractivity contribution in [2.75, 3.05) is 0 Å². The number of hydrogen-bond acceptors (Lipinski definition) is 2. The molecule has 0 bridgehead atoms. The summed E-state index contributed by atoms with van der Waals surface area (Å²) in [4.78, 5) is 15.8. The molecule has 4 heteroatoms. The number of nitrogens with zero attached hydrogens (tertiary/aromatic N) is 2. The molecule has 0 aliphatic carbocycles. The van der Waals surface area contributed by atoms with Gasteiger partial charge >= 0.3 is 0 Å². The minimum absolute atomic E-state index is 0.0775. The van der Waals surface area contributed by atoms with Crippen molar-refractivity contribution < 1.29 is 4.79 Å². The summed E-state index contributed by atoms with van der Waals surface area (Å²) in [7, 11) is 1.88. The quantitative estimate of drug-likeness (QED) is 0.840. The van der Waals surface area contributed by atoms with E-state index in [-0.39, 0.29) is 5.91 Å². The van der Waals surface area contributed by atoms with Crippen LogP contribution in [0.3, 0.4) is 0 Å². The molecule has 0 radical (unpaired) electrons. The van der Waals surface area contributed by atoms with Crippen LogP contribution in [0.5, 0.6) is 0 Å². The van der Waals surface area contributed by atoms with Crippen LogP contribution in [0.25, 0.3) is 0 Å². The summed E-state index contributed by atoms with van der Waals surface area (Å²) in [6.07, 6.45) is 5.34. The van der Waals surface area contributed by atoms with Crippen LogP contribution < -0.4 is 5.32 Å². The van der Waals surface area contributed by atoms with E-state index < -0.39 is 0 Å². The summed E-state index contributed by atoms with van der Waals surface area (Å²) in [6.45, 7) is 0.453.